The summed E-state index contributed by atoms with van der Waals surface area (Å²) in [7, 11) is 1.94. The minimum atomic E-state index is -0.966. The van der Waals surface area contributed by atoms with Gasteiger partial charge in [0.1, 0.15) is 5.67 Å². The zero-order chi connectivity index (χ0) is 15.3. The first-order valence-electron chi connectivity index (χ1n) is 8.21. The Balaban J connectivity index is 2.14. The van der Waals surface area contributed by atoms with Gasteiger partial charge in [-0.25, -0.2) is 4.39 Å². The molecule has 2 heteroatoms. The second-order valence-corrected chi connectivity index (χ2v) is 6.52. The Bertz CT molecular complexity index is 463. The maximum atomic E-state index is 14.0. The maximum absolute atomic E-state index is 14.0. The van der Waals surface area contributed by atoms with Gasteiger partial charge in [0.05, 0.1) is 0 Å². The van der Waals surface area contributed by atoms with Gasteiger partial charge in [0, 0.05) is 13.2 Å². The minimum absolute atomic E-state index is 0.471. The third-order valence-electron chi connectivity index (χ3n) is 4.59. The van der Waals surface area contributed by atoms with Crippen LogP contribution in [0.4, 0.5) is 4.39 Å². The number of nitrogens with one attached hydrogen (secondary N) is 1. The van der Waals surface area contributed by atoms with Gasteiger partial charge in [0.25, 0.3) is 0 Å². The third-order valence-corrected chi connectivity index (χ3v) is 4.59. The normalized spacial score (nSPS) is 26.7. The average Bonchev–Trinajstić information content (AvgIpc) is 2.47. The summed E-state index contributed by atoms with van der Waals surface area (Å²) in [5.41, 5.74) is 3.03. The quantitative estimate of drug-likeness (QED) is 0.793. The lowest BCUT2D eigenvalue weighted by Crippen LogP contribution is -2.26. The van der Waals surface area contributed by atoms with Crippen molar-refractivity contribution in [1.29, 1.82) is 0 Å². The Morgan fingerprint density at radius 2 is 1.90 bits per heavy atom. The Morgan fingerprint density at radius 1 is 1.29 bits per heavy atom. The van der Waals surface area contributed by atoms with Crippen LogP contribution in [-0.2, 0) is 6.42 Å². The highest BCUT2D eigenvalue weighted by atomic mass is 19.1. The van der Waals surface area contributed by atoms with Crippen molar-refractivity contribution in [1.82, 2.24) is 5.32 Å². The number of hydrogen-bond acceptors (Lipinski definition) is 1. The fraction of sp³-hybridized carbons (Fsp3) is 0.579. The lowest BCUT2D eigenvalue weighted by molar-refractivity contribution is 0.116. The number of halogens is 1. The van der Waals surface area contributed by atoms with E-state index < -0.39 is 5.67 Å². The van der Waals surface area contributed by atoms with Crippen molar-refractivity contribution in [2.24, 2.45) is 5.92 Å². The van der Waals surface area contributed by atoms with Crippen molar-refractivity contribution < 1.29 is 4.39 Å². The molecule has 0 amide bonds. The van der Waals surface area contributed by atoms with Crippen LogP contribution in [0.25, 0.3) is 5.57 Å². The van der Waals surface area contributed by atoms with Gasteiger partial charge in [0.15, 0.2) is 0 Å². The molecule has 0 aromatic heterocycles. The van der Waals surface area contributed by atoms with E-state index in [2.05, 4.69) is 42.7 Å². The van der Waals surface area contributed by atoms with E-state index in [1.807, 2.05) is 7.05 Å². The van der Waals surface area contributed by atoms with Gasteiger partial charge in [-0.15, -0.1) is 0 Å². The summed E-state index contributed by atoms with van der Waals surface area (Å²) >= 11 is 0. The number of hydrogen-bond donors (Lipinski definition) is 1. The molecule has 0 radical (unpaired) electrons. The van der Waals surface area contributed by atoms with E-state index in [4.69, 9.17) is 0 Å². The second kappa shape index (κ2) is 7.11. The summed E-state index contributed by atoms with van der Waals surface area (Å²) in [5, 5.41) is 3.17. The topological polar surface area (TPSA) is 12.0 Å². The van der Waals surface area contributed by atoms with Crippen LogP contribution in [-0.4, -0.2) is 12.7 Å². The van der Waals surface area contributed by atoms with E-state index in [-0.39, 0.29) is 0 Å². The van der Waals surface area contributed by atoms with Crippen LogP contribution in [0.3, 0.4) is 0 Å². The molecule has 0 aliphatic heterocycles. The SMILES string of the molecule is CCCc1ccc(/C(=C\NC)C2CCC(C)(F)CC2)cc1. The fourth-order valence-electron chi connectivity index (χ4n) is 3.28. The summed E-state index contributed by atoms with van der Waals surface area (Å²) in [6, 6.07) is 8.89. The lowest BCUT2D eigenvalue weighted by Gasteiger charge is -2.32. The Morgan fingerprint density at radius 3 is 2.43 bits per heavy atom. The Labute approximate surface area is 128 Å². The van der Waals surface area contributed by atoms with Crippen LogP contribution in [0.2, 0.25) is 0 Å². The molecule has 0 saturated heterocycles. The van der Waals surface area contributed by atoms with Gasteiger partial charge >= 0.3 is 0 Å². The van der Waals surface area contributed by atoms with Crippen molar-refractivity contribution in [3.8, 4) is 0 Å². The van der Waals surface area contributed by atoms with Gasteiger partial charge in [-0.3, -0.25) is 0 Å². The second-order valence-electron chi connectivity index (χ2n) is 6.52. The molecular weight excluding hydrogens is 261 g/mol. The molecule has 2 rings (SSSR count). The van der Waals surface area contributed by atoms with E-state index in [0.717, 1.165) is 19.3 Å². The van der Waals surface area contributed by atoms with E-state index in [1.54, 1.807) is 6.92 Å². The number of rotatable bonds is 5. The molecule has 1 fully saturated rings. The highest BCUT2D eigenvalue weighted by molar-refractivity contribution is 5.67. The summed E-state index contributed by atoms with van der Waals surface area (Å²) in [6.07, 6.45) is 7.64. The predicted molar refractivity (Wildman–Crippen MR) is 88.9 cm³/mol. The van der Waals surface area contributed by atoms with Crippen molar-refractivity contribution in [2.45, 2.75) is 58.0 Å². The Hall–Kier alpha value is -1.31. The first-order valence-corrected chi connectivity index (χ1v) is 8.21. The van der Waals surface area contributed by atoms with Crippen molar-refractivity contribution >= 4 is 5.57 Å². The van der Waals surface area contributed by atoms with E-state index in [0.29, 0.717) is 18.8 Å². The molecule has 0 atom stereocenters. The molecule has 1 N–H and O–H groups in total. The molecule has 0 bridgehead atoms. The van der Waals surface area contributed by atoms with Crippen LogP contribution >= 0.6 is 0 Å². The molecule has 116 valence electrons. The number of allylic oxidation sites excluding steroid dienone is 1. The molecule has 0 spiro atoms. The lowest BCUT2D eigenvalue weighted by atomic mass is 9.76. The van der Waals surface area contributed by atoms with E-state index in [1.165, 1.54) is 23.1 Å². The molecule has 1 aromatic carbocycles. The van der Waals surface area contributed by atoms with Crippen molar-refractivity contribution in [3.05, 3.63) is 41.6 Å². The Kier molecular flexibility index (Phi) is 5.44. The van der Waals surface area contributed by atoms with Gasteiger partial charge in [-0.2, -0.15) is 0 Å². The van der Waals surface area contributed by atoms with Crippen molar-refractivity contribution in [3.63, 3.8) is 0 Å². The molecule has 1 aliphatic carbocycles. The zero-order valence-corrected chi connectivity index (χ0v) is 13.6. The first-order chi connectivity index (χ1) is 10.1. The van der Waals surface area contributed by atoms with Crippen LogP contribution < -0.4 is 5.32 Å². The monoisotopic (exact) mass is 289 g/mol. The molecule has 0 heterocycles. The van der Waals surface area contributed by atoms with Gasteiger partial charge in [-0.1, -0.05) is 37.6 Å². The molecule has 21 heavy (non-hydrogen) atoms. The van der Waals surface area contributed by atoms with E-state index >= 15 is 0 Å². The van der Waals surface area contributed by atoms with Crippen LogP contribution in [0, 0.1) is 5.92 Å². The van der Waals surface area contributed by atoms with E-state index in [9.17, 15) is 4.39 Å². The number of benzene rings is 1. The largest absolute Gasteiger partial charge is 0.394 e. The highest BCUT2D eigenvalue weighted by Gasteiger charge is 2.32. The molecule has 1 aromatic rings. The molecule has 1 aliphatic rings. The summed E-state index contributed by atoms with van der Waals surface area (Å²) in [4.78, 5) is 0. The minimum Gasteiger partial charge on any atom is -0.394 e. The number of aryl methyl sites for hydroxylation is 1. The smallest absolute Gasteiger partial charge is 0.108 e. The highest BCUT2D eigenvalue weighted by Crippen LogP contribution is 2.40. The maximum Gasteiger partial charge on any atom is 0.108 e. The molecule has 0 unspecified atom stereocenters. The van der Waals surface area contributed by atoms with Gasteiger partial charge in [0.2, 0.25) is 0 Å². The summed E-state index contributed by atoms with van der Waals surface area (Å²) in [5.74, 6) is 0.471. The predicted octanol–water partition coefficient (Wildman–Crippen LogP) is 5.12. The standard InChI is InChI=1S/C19H28FN/c1-4-5-15-6-8-16(9-7-15)18(14-21-3)17-10-12-19(2,20)13-11-17/h6-9,14,17,21H,4-5,10-13H2,1-3H3/b18-14+. The fourth-order valence-corrected chi connectivity index (χ4v) is 3.28. The summed E-state index contributed by atoms with van der Waals surface area (Å²) in [6.45, 7) is 3.94. The number of alkyl halides is 1. The van der Waals surface area contributed by atoms with Gasteiger partial charge < -0.3 is 5.32 Å². The third kappa shape index (κ3) is 4.33. The molecular formula is C19H28FN. The van der Waals surface area contributed by atoms with Crippen LogP contribution in [0.1, 0.15) is 57.1 Å². The molecule has 1 nitrogen and oxygen atoms in total. The van der Waals surface area contributed by atoms with Crippen LogP contribution in [0.15, 0.2) is 30.5 Å². The van der Waals surface area contributed by atoms with Crippen LogP contribution in [0.5, 0.6) is 0 Å². The summed E-state index contributed by atoms with van der Waals surface area (Å²) < 4.78 is 14.0. The van der Waals surface area contributed by atoms with Crippen molar-refractivity contribution in [2.75, 3.05) is 7.05 Å². The molecule has 1 saturated carbocycles. The van der Waals surface area contributed by atoms with Gasteiger partial charge in [-0.05, 0) is 61.6 Å². The average molecular weight is 289 g/mol. The first kappa shape index (κ1) is 16.1. The zero-order valence-electron chi connectivity index (χ0n) is 13.6.